The highest BCUT2D eigenvalue weighted by atomic mass is 35.5. The van der Waals surface area contributed by atoms with Gasteiger partial charge in [0.2, 0.25) is 5.91 Å². The number of nitrogens with zero attached hydrogens (tertiary/aromatic N) is 4. The van der Waals surface area contributed by atoms with Crippen molar-refractivity contribution in [3.05, 3.63) is 53.6 Å². The lowest BCUT2D eigenvalue weighted by molar-refractivity contribution is -0.136. The standard InChI is InChI=1S/C24H28ClN5O.ClH/c1-15(2)21(26)24(31)30-13-12-29(14-16(30)3)23-20-7-5-4-6-19(20)22(27-28-23)17-8-10-18(25)11-9-17;/h4-11,15-16,21H,12-14,26H2,1-3H3;1H/t16-,21?;/m1./s1. The Labute approximate surface area is 200 Å². The molecule has 1 aliphatic heterocycles. The molecule has 0 bridgehead atoms. The molecule has 2 atom stereocenters. The number of carbonyl (C=O) groups excluding carboxylic acids is 1. The van der Waals surface area contributed by atoms with Gasteiger partial charge in [0.25, 0.3) is 0 Å². The number of carbonyl (C=O) groups is 1. The first-order valence-electron chi connectivity index (χ1n) is 10.7. The largest absolute Gasteiger partial charge is 0.351 e. The van der Waals surface area contributed by atoms with Crippen LogP contribution in [0.2, 0.25) is 5.02 Å². The maximum atomic E-state index is 12.8. The molecule has 0 aliphatic carbocycles. The molecule has 8 heteroatoms. The van der Waals surface area contributed by atoms with Gasteiger partial charge in [0.15, 0.2) is 5.82 Å². The summed E-state index contributed by atoms with van der Waals surface area (Å²) in [7, 11) is 0. The van der Waals surface area contributed by atoms with Gasteiger partial charge in [-0.2, -0.15) is 0 Å². The van der Waals surface area contributed by atoms with Crippen molar-refractivity contribution in [2.45, 2.75) is 32.9 Å². The summed E-state index contributed by atoms with van der Waals surface area (Å²) in [5, 5.41) is 12.0. The highest BCUT2D eigenvalue weighted by molar-refractivity contribution is 6.30. The first kappa shape index (κ1) is 24.2. The number of aromatic nitrogens is 2. The Kier molecular flexibility index (Phi) is 7.59. The maximum absolute atomic E-state index is 12.8. The molecule has 170 valence electrons. The van der Waals surface area contributed by atoms with Gasteiger partial charge < -0.3 is 15.5 Å². The SMILES string of the molecule is CC(C)C(N)C(=O)N1CCN(c2nnc(-c3ccc(Cl)cc3)c3ccccc23)C[C@H]1C.Cl. The van der Waals surface area contributed by atoms with E-state index >= 15 is 0 Å². The third-order valence-corrected chi connectivity index (χ3v) is 6.25. The van der Waals surface area contributed by atoms with Gasteiger partial charge in [0.05, 0.1) is 6.04 Å². The number of anilines is 1. The van der Waals surface area contributed by atoms with Crippen LogP contribution in [0.4, 0.5) is 5.82 Å². The van der Waals surface area contributed by atoms with Crippen LogP contribution in [0, 0.1) is 5.92 Å². The smallest absolute Gasteiger partial charge is 0.240 e. The molecule has 1 aliphatic rings. The van der Waals surface area contributed by atoms with Crippen LogP contribution in [-0.4, -0.2) is 52.7 Å². The summed E-state index contributed by atoms with van der Waals surface area (Å²) in [6, 6.07) is 15.4. The predicted molar refractivity (Wildman–Crippen MR) is 133 cm³/mol. The average Bonchev–Trinajstić information content (AvgIpc) is 2.78. The Balaban J connectivity index is 0.00000289. The average molecular weight is 474 g/mol. The Morgan fingerprint density at radius 2 is 1.72 bits per heavy atom. The lowest BCUT2D eigenvalue weighted by atomic mass is 10.0. The number of halogens is 2. The molecular formula is C24H29Cl2N5O. The summed E-state index contributed by atoms with van der Waals surface area (Å²) in [5.74, 6) is 0.990. The van der Waals surface area contributed by atoms with Crippen molar-refractivity contribution in [3.63, 3.8) is 0 Å². The maximum Gasteiger partial charge on any atom is 0.240 e. The molecule has 1 amide bonds. The van der Waals surface area contributed by atoms with E-state index in [1.54, 1.807) is 0 Å². The molecule has 1 saturated heterocycles. The number of amides is 1. The zero-order valence-electron chi connectivity index (χ0n) is 18.5. The van der Waals surface area contributed by atoms with Gasteiger partial charge in [-0.15, -0.1) is 22.6 Å². The van der Waals surface area contributed by atoms with Crippen LogP contribution in [0.25, 0.3) is 22.0 Å². The minimum atomic E-state index is -0.465. The third kappa shape index (κ3) is 4.68. The highest BCUT2D eigenvalue weighted by Crippen LogP contribution is 2.32. The highest BCUT2D eigenvalue weighted by Gasteiger charge is 2.32. The second-order valence-corrected chi connectivity index (χ2v) is 8.96. The fourth-order valence-electron chi connectivity index (χ4n) is 4.10. The number of hydrogen-bond donors (Lipinski definition) is 1. The Morgan fingerprint density at radius 1 is 1.06 bits per heavy atom. The minimum Gasteiger partial charge on any atom is -0.351 e. The summed E-state index contributed by atoms with van der Waals surface area (Å²) in [6.07, 6.45) is 0. The van der Waals surface area contributed by atoms with Gasteiger partial charge in [-0.3, -0.25) is 4.79 Å². The number of fused-ring (bicyclic) bond motifs is 1. The van der Waals surface area contributed by atoms with Gasteiger partial charge >= 0.3 is 0 Å². The molecule has 0 radical (unpaired) electrons. The molecule has 6 nitrogen and oxygen atoms in total. The second kappa shape index (κ2) is 10.0. The third-order valence-electron chi connectivity index (χ3n) is 6.00. The lowest BCUT2D eigenvalue weighted by Crippen LogP contribution is -2.58. The van der Waals surface area contributed by atoms with Crippen LogP contribution in [0.3, 0.4) is 0 Å². The second-order valence-electron chi connectivity index (χ2n) is 8.52. The lowest BCUT2D eigenvalue weighted by Gasteiger charge is -2.41. The van der Waals surface area contributed by atoms with Crippen LogP contribution >= 0.6 is 24.0 Å². The first-order chi connectivity index (χ1) is 14.9. The Hall–Kier alpha value is -2.41. The number of hydrogen-bond acceptors (Lipinski definition) is 5. The van der Waals surface area contributed by atoms with Crippen LogP contribution in [0.1, 0.15) is 20.8 Å². The van der Waals surface area contributed by atoms with E-state index in [9.17, 15) is 4.79 Å². The summed E-state index contributed by atoms with van der Waals surface area (Å²) in [5.41, 5.74) is 7.93. The van der Waals surface area contributed by atoms with E-state index in [0.29, 0.717) is 24.7 Å². The van der Waals surface area contributed by atoms with E-state index in [1.165, 1.54) is 0 Å². The molecule has 32 heavy (non-hydrogen) atoms. The molecule has 1 aromatic heterocycles. The molecule has 1 unspecified atom stereocenters. The molecule has 2 N–H and O–H groups in total. The fraction of sp³-hybridized carbons (Fsp3) is 0.375. The first-order valence-corrected chi connectivity index (χ1v) is 11.1. The fourth-order valence-corrected chi connectivity index (χ4v) is 4.22. The summed E-state index contributed by atoms with van der Waals surface area (Å²) in [4.78, 5) is 16.9. The number of piperazine rings is 1. The normalized spacial score (nSPS) is 17.4. The molecule has 0 saturated carbocycles. The topological polar surface area (TPSA) is 75.4 Å². The van der Waals surface area contributed by atoms with E-state index in [1.807, 2.05) is 55.1 Å². The van der Waals surface area contributed by atoms with Crippen molar-refractivity contribution in [2.75, 3.05) is 24.5 Å². The van der Waals surface area contributed by atoms with E-state index in [0.717, 1.165) is 27.8 Å². The number of rotatable bonds is 4. The molecular weight excluding hydrogens is 445 g/mol. The monoisotopic (exact) mass is 473 g/mol. The predicted octanol–water partition coefficient (Wildman–Crippen LogP) is 4.39. The van der Waals surface area contributed by atoms with Gasteiger partial charge in [-0.1, -0.05) is 61.8 Å². The van der Waals surface area contributed by atoms with Crippen LogP contribution in [0.5, 0.6) is 0 Å². The van der Waals surface area contributed by atoms with Gasteiger partial charge in [-0.05, 0) is 25.0 Å². The van der Waals surface area contributed by atoms with Crippen molar-refractivity contribution in [1.29, 1.82) is 0 Å². The molecule has 0 spiro atoms. The molecule has 3 aromatic rings. The van der Waals surface area contributed by atoms with Crippen molar-refractivity contribution in [1.82, 2.24) is 15.1 Å². The van der Waals surface area contributed by atoms with Crippen LogP contribution < -0.4 is 10.6 Å². The van der Waals surface area contributed by atoms with Crippen molar-refractivity contribution in [3.8, 4) is 11.3 Å². The van der Waals surface area contributed by atoms with Gasteiger partial charge in [0, 0.05) is 47.0 Å². The van der Waals surface area contributed by atoms with E-state index in [2.05, 4.69) is 34.2 Å². The Bertz CT molecular complexity index is 1090. The molecule has 2 heterocycles. The summed E-state index contributed by atoms with van der Waals surface area (Å²) in [6.45, 7) is 8.03. The zero-order chi connectivity index (χ0) is 22.1. The zero-order valence-corrected chi connectivity index (χ0v) is 20.1. The quantitative estimate of drug-likeness (QED) is 0.607. The van der Waals surface area contributed by atoms with Gasteiger partial charge in [0.1, 0.15) is 5.69 Å². The van der Waals surface area contributed by atoms with E-state index in [-0.39, 0.29) is 30.3 Å². The van der Waals surface area contributed by atoms with Crippen molar-refractivity contribution < 1.29 is 4.79 Å². The number of benzene rings is 2. The van der Waals surface area contributed by atoms with Crippen LogP contribution in [0.15, 0.2) is 48.5 Å². The van der Waals surface area contributed by atoms with E-state index in [4.69, 9.17) is 17.3 Å². The van der Waals surface area contributed by atoms with Crippen molar-refractivity contribution >= 4 is 46.5 Å². The summed E-state index contributed by atoms with van der Waals surface area (Å²) >= 11 is 6.05. The van der Waals surface area contributed by atoms with Crippen LogP contribution in [-0.2, 0) is 4.79 Å². The molecule has 4 rings (SSSR count). The minimum absolute atomic E-state index is 0. The van der Waals surface area contributed by atoms with E-state index < -0.39 is 6.04 Å². The summed E-state index contributed by atoms with van der Waals surface area (Å²) < 4.78 is 0. The Morgan fingerprint density at radius 3 is 2.34 bits per heavy atom. The van der Waals surface area contributed by atoms with Crippen molar-refractivity contribution in [2.24, 2.45) is 11.7 Å². The molecule has 2 aromatic carbocycles. The number of nitrogens with two attached hydrogens (primary N) is 1. The van der Waals surface area contributed by atoms with Gasteiger partial charge in [-0.25, -0.2) is 0 Å². The molecule has 1 fully saturated rings.